The van der Waals surface area contributed by atoms with Gasteiger partial charge in [-0.2, -0.15) is 26.3 Å². The molecule has 0 amide bonds. The van der Waals surface area contributed by atoms with Gasteiger partial charge in [-0.3, -0.25) is 4.79 Å². The number of benzene rings is 2. The van der Waals surface area contributed by atoms with Gasteiger partial charge in [-0.25, -0.2) is 0 Å². The van der Waals surface area contributed by atoms with Crippen LogP contribution in [0.5, 0.6) is 5.75 Å². The summed E-state index contributed by atoms with van der Waals surface area (Å²) in [4.78, 5) is 10.9. The molecule has 0 fully saturated rings. The van der Waals surface area contributed by atoms with Gasteiger partial charge in [0.15, 0.2) is 6.61 Å². The molecule has 0 aliphatic rings. The molecule has 0 N–H and O–H groups in total. The highest BCUT2D eigenvalue weighted by molar-refractivity contribution is 6.32. The van der Waals surface area contributed by atoms with Gasteiger partial charge in [0.1, 0.15) is 5.75 Å². The standard InChI is InChI=1S/C19H15ClF6O3/c1-11(27)28-7-6-12-8-15(13-2-4-14(5-3-13)19(24,25)26)17(16(20)9-12)29-10-18(21,22)23/h2-5,8-9H,6-7,10H2,1H3. The smallest absolute Gasteiger partial charge is 0.422 e. The van der Waals surface area contributed by atoms with E-state index in [9.17, 15) is 31.1 Å². The lowest BCUT2D eigenvalue weighted by Gasteiger charge is -2.17. The maximum atomic E-state index is 12.8. The van der Waals surface area contributed by atoms with Crippen molar-refractivity contribution in [1.29, 1.82) is 0 Å². The van der Waals surface area contributed by atoms with E-state index < -0.39 is 30.5 Å². The zero-order chi connectivity index (χ0) is 21.8. The first-order valence-electron chi connectivity index (χ1n) is 8.20. The number of rotatable bonds is 6. The SMILES string of the molecule is CC(=O)OCCc1cc(Cl)c(OCC(F)(F)F)c(-c2ccc(C(F)(F)F)cc2)c1. The number of alkyl halides is 6. The van der Waals surface area contributed by atoms with Gasteiger partial charge in [0, 0.05) is 18.9 Å². The van der Waals surface area contributed by atoms with Crippen LogP contribution in [0, 0.1) is 0 Å². The molecule has 0 radical (unpaired) electrons. The minimum Gasteiger partial charge on any atom is -0.482 e. The summed E-state index contributed by atoms with van der Waals surface area (Å²) in [6.45, 7) is -0.400. The van der Waals surface area contributed by atoms with Gasteiger partial charge in [0.25, 0.3) is 0 Å². The van der Waals surface area contributed by atoms with E-state index in [1.165, 1.54) is 19.1 Å². The third-order valence-corrected chi connectivity index (χ3v) is 3.98. The van der Waals surface area contributed by atoms with Gasteiger partial charge < -0.3 is 9.47 Å². The van der Waals surface area contributed by atoms with Crippen LogP contribution in [0.2, 0.25) is 5.02 Å². The van der Waals surface area contributed by atoms with Crippen LogP contribution < -0.4 is 4.74 Å². The van der Waals surface area contributed by atoms with Gasteiger partial charge in [0.05, 0.1) is 17.2 Å². The van der Waals surface area contributed by atoms with Crippen LogP contribution in [0.1, 0.15) is 18.1 Å². The van der Waals surface area contributed by atoms with Crippen molar-refractivity contribution in [2.75, 3.05) is 13.2 Å². The first-order chi connectivity index (χ1) is 13.4. The molecule has 158 valence electrons. The first kappa shape index (κ1) is 22.9. The van der Waals surface area contributed by atoms with E-state index in [2.05, 4.69) is 0 Å². The zero-order valence-electron chi connectivity index (χ0n) is 15.0. The lowest BCUT2D eigenvalue weighted by atomic mass is 9.99. The fourth-order valence-corrected chi connectivity index (χ4v) is 2.76. The number of ether oxygens (including phenoxy) is 2. The van der Waals surface area contributed by atoms with E-state index >= 15 is 0 Å². The Morgan fingerprint density at radius 3 is 2.17 bits per heavy atom. The fourth-order valence-electron chi connectivity index (χ4n) is 2.46. The van der Waals surface area contributed by atoms with Crippen molar-refractivity contribution in [2.24, 2.45) is 0 Å². The highest BCUT2D eigenvalue weighted by atomic mass is 35.5. The quantitative estimate of drug-likeness (QED) is 0.404. The van der Waals surface area contributed by atoms with Crippen molar-refractivity contribution in [3.8, 4) is 16.9 Å². The number of hydrogen-bond acceptors (Lipinski definition) is 3. The average Bonchev–Trinajstić information content (AvgIpc) is 2.58. The molecule has 0 saturated heterocycles. The molecule has 0 unspecified atom stereocenters. The molecular weight excluding hydrogens is 426 g/mol. The third-order valence-electron chi connectivity index (χ3n) is 3.70. The topological polar surface area (TPSA) is 35.5 Å². The van der Waals surface area contributed by atoms with Crippen molar-refractivity contribution >= 4 is 17.6 Å². The molecule has 2 aromatic carbocycles. The summed E-state index contributed by atoms with van der Waals surface area (Å²) < 4.78 is 85.7. The van der Waals surface area contributed by atoms with Gasteiger partial charge in [-0.1, -0.05) is 23.7 Å². The van der Waals surface area contributed by atoms with E-state index in [0.717, 1.165) is 24.3 Å². The van der Waals surface area contributed by atoms with E-state index in [4.69, 9.17) is 21.1 Å². The lowest BCUT2D eigenvalue weighted by Crippen LogP contribution is -2.19. The molecule has 0 heterocycles. The van der Waals surface area contributed by atoms with Crippen LogP contribution >= 0.6 is 11.6 Å². The van der Waals surface area contributed by atoms with Crippen molar-refractivity contribution in [2.45, 2.75) is 25.7 Å². The molecule has 10 heteroatoms. The Bertz CT molecular complexity index is 860. The van der Waals surface area contributed by atoms with Gasteiger partial charge in [-0.15, -0.1) is 0 Å². The van der Waals surface area contributed by atoms with E-state index in [0.29, 0.717) is 5.56 Å². The zero-order valence-corrected chi connectivity index (χ0v) is 15.7. The Labute approximate surface area is 167 Å². The molecule has 2 aromatic rings. The van der Waals surface area contributed by atoms with Gasteiger partial charge >= 0.3 is 18.3 Å². The molecule has 2 rings (SSSR count). The van der Waals surface area contributed by atoms with Crippen LogP contribution in [0.3, 0.4) is 0 Å². The average molecular weight is 441 g/mol. The van der Waals surface area contributed by atoms with E-state index in [-0.39, 0.29) is 34.9 Å². The Morgan fingerprint density at radius 2 is 1.66 bits per heavy atom. The summed E-state index contributed by atoms with van der Waals surface area (Å²) in [5, 5.41) is -0.149. The van der Waals surface area contributed by atoms with Gasteiger partial charge in [0.2, 0.25) is 0 Å². The van der Waals surface area contributed by atoms with E-state index in [1.54, 1.807) is 0 Å². The summed E-state index contributed by atoms with van der Waals surface area (Å²) in [7, 11) is 0. The molecule has 0 saturated carbocycles. The molecule has 29 heavy (non-hydrogen) atoms. The summed E-state index contributed by atoms with van der Waals surface area (Å²) in [6, 6.07) is 6.63. The predicted octanol–water partition coefficient (Wildman–Crippen LogP) is 6.07. The second-order valence-electron chi connectivity index (χ2n) is 6.02. The molecule has 0 aliphatic carbocycles. The number of esters is 1. The van der Waals surface area contributed by atoms with Crippen LogP contribution in [0.25, 0.3) is 11.1 Å². The van der Waals surface area contributed by atoms with Crippen molar-refractivity contribution in [3.63, 3.8) is 0 Å². The Hall–Kier alpha value is -2.42. The monoisotopic (exact) mass is 440 g/mol. The molecule has 0 aromatic heterocycles. The van der Waals surface area contributed by atoms with Crippen molar-refractivity contribution in [3.05, 3.63) is 52.5 Å². The number of carbonyl (C=O) groups is 1. The molecule has 0 bridgehead atoms. The fraction of sp³-hybridized carbons (Fsp3) is 0.316. The second kappa shape index (κ2) is 8.94. The normalized spacial score (nSPS) is 12.0. The molecular formula is C19H15ClF6O3. The summed E-state index contributed by atoms with van der Waals surface area (Å²) in [5.41, 5.74) is -0.124. The number of halogens is 7. The predicted molar refractivity (Wildman–Crippen MR) is 93.8 cm³/mol. The largest absolute Gasteiger partial charge is 0.482 e. The van der Waals surface area contributed by atoms with E-state index in [1.807, 2.05) is 0 Å². The van der Waals surface area contributed by atoms with Crippen LogP contribution in [-0.4, -0.2) is 25.4 Å². The van der Waals surface area contributed by atoms with Crippen LogP contribution in [-0.2, 0) is 22.1 Å². The highest BCUT2D eigenvalue weighted by Gasteiger charge is 2.31. The molecule has 0 atom stereocenters. The summed E-state index contributed by atoms with van der Waals surface area (Å²) >= 11 is 6.08. The maximum Gasteiger partial charge on any atom is 0.422 e. The first-order valence-corrected chi connectivity index (χ1v) is 8.57. The highest BCUT2D eigenvalue weighted by Crippen LogP contribution is 2.40. The molecule has 3 nitrogen and oxygen atoms in total. The molecule has 0 spiro atoms. The minimum absolute atomic E-state index is 0.000862. The minimum atomic E-state index is -4.63. The maximum absolute atomic E-state index is 12.8. The third kappa shape index (κ3) is 6.85. The van der Waals surface area contributed by atoms with Gasteiger partial charge in [-0.05, 0) is 35.4 Å². The Morgan fingerprint density at radius 1 is 1.03 bits per heavy atom. The van der Waals surface area contributed by atoms with Crippen LogP contribution in [0.15, 0.2) is 36.4 Å². The Balaban J connectivity index is 2.43. The number of carbonyl (C=O) groups excluding carboxylic acids is 1. The lowest BCUT2D eigenvalue weighted by molar-refractivity contribution is -0.153. The van der Waals surface area contributed by atoms with Crippen LogP contribution in [0.4, 0.5) is 26.3 Å². The van der Waals surface area contributed by atoms with Crippen molar-refractivity contribution in [1.82, 2.24) is 0 Å². The van der Waals surface area contributed by atoms with Crippen molar-refractivity contribution < 1.29 is 40.6 Å². The summed E-state index contributed by atoms with van der Waals surface area (Å²) in [6.07, 6.45) is -8.99. The second-order valence-corrected chi connectivity index (χ2v) is 6.43. The number of hydrogen-bond donors (Lipinski definition) is 0. The molecule has 0 aliphatic heterocycles. The summed E-state index contributed by atoms with van der Waals surface area (Å²) in [5.74, 6) is -0.816. The Kier molecular flexibility index (Phi) is 7.05.